The molecular formula is C28H32N2O4S. The summed E-state index contributed by atoms with van der Waals surface area (Å²) < 4.78 is 5.35. The first-order valence-corrected chi connectivity index (χ1v) is 12.9. The van der Waals surface area contributed by atoms with E-state index in [9.17, 15) is 15.0 Å². The Bertz CT molecular complexity index is 1230. The molecule has 35 heavy (non-hydrogen) atoms. The normalized spacial score (nSPS) is 19.2. The second-order valence-corrected chi connectivity index (χ2v) is 10.2. The van der Waals surface area contributed by atoms with Crippen molar-refractivity contribution in [2.75, 3.05) is 26.7 Å². The number of fused-ring (bicyclic) bond motifs is 1. The van der Waals surface area contributed by atoms with E-state index in [0.717, 1.165) is 53.0 Å². The number of likely N-dealkylation sites (tertiary alicyclic amines) is 1. The molecule has 6 nitrogen and oxygen atoms in total. The van der Waals surface area contributed by atoms with Crippen LogP contribution in [0.5, 0.6) is 5.75 Å². The molecule has 0 bridgehead atoms. The maximum atomic E-state index is 11.6. The first-order valence-electron chi connectivity index (χ1n) is 12.0. The Morgan fingerprint density at radius 3 is 2.91 bits per heavy atom. The highest BCUT2D eigenvalue weighted by Gasteiger charge is 2.31. The summed E-state index contributed by atoms with van der Waals surface area (Å²) in [7, 11) is 1.62. The van der Waals surface area contributed by atoms with Gasteiger partial charge in [0.2, 0.25) is 0 Å². The average Bonchev–Trinajstić information content (AvgIpc) is 3.26. The Morgan fingerprint density at radius 2 is 2.17 bits per heavy atom. The molecular weight excluding hydrogens is 460 g/mol. The van der Waals surface area contributed by atoms with Crippen LogP contribution in [-0.2, 0) is 4.79 Å². The molecule has 184 valence electrons. The zero-order chi connectivity index (χ0) is 24.8. The van der Waals surface area contributed by atoms with Gasteiger partial charge in [0.1, 0.15) is 5.75 Å². The number of piperidine rings is 1. The van der Waals surface area contributed by atoms with Crippen LogP contribution < -0.4 is 4.74 Å². The van der Waals surface area contributed by atoms with Gasteiger partial charge in [0.15, 0.2) is 0 Å². The molecule has 0 spiro atoms. The number of hydrogen-bond donors (Lipinski definition) is 2. The van der Waals surface area contributed by atoms with Gasteiger partial charge in [-0.15, -0.1) is 11.3 Å². The fraction of sp³-hybridized carbons (Fsp3) is 0.429. The minimum atomic E-state index is -0.769. The quantitative estimate of drug-likeness (QED) is 0.436. The van der Waals surface area contributed by atoms with Crippen molar-refractivity contribution in [2.24, 2.45) is 11.8 Å². The number of aryl methyl sites for hydroxylation is 1. The van der Waals surface area contributed by atoms with Gasteiger partial charge in [0.25, 0.3) is 0 Å². The van der Waals surface area contributed by atoms with E-state index in [2.05, 4.69) is 34.7 Å². The van der Waals surface area contributed by atoms with Crippen LogP contribution in [0.1, 0.15) is 47.8 Å². The number of hydrogen-bond acceptors (Lipinski definition) is 6. The zero-order valence-electron chi connectivity index (χ0n) is 20.2. The number of thiophene rings is 1. The number of rotatable bonds is 8. The van der Waals surface area contributed by atoms with Crippen LogP contribution in [0.2, 0.25) is 0 Å². The molecule has 3 aromatic rings. The molecule has 3 heterocycles. The first-order chi connectivity index (χ1) is 16.9. The number of aliphatic hydroxyl groups is 1. The molecule has 1 aliphatic rings. The maximum absolute atomic E-state index is 11.6. The van der Waals surface area contributed by atoms with E-state index in [-0.39, 0.29) is 18.3 Å². The van der Waals surface area contributed by atoms with Crippen molar-refractivity contribution in [3.8, 4) is 17.6 Å². The van der Waals surface area contributed by atoms with Crippen molar-refractivity contribution in [1.82, 2.24) is 9.88 Å². The first kappa shape index (κ1) is 25.2. The SMILES string of the molecule is COc1ccc2nccc([C@@H](O)CC[C@@H]3CCN(CC#Cc4sccc4C)C[C@@H]3CC(=O)O)c2c1. The molecule has 2 aromatic heterocycles. The zero-order valence-corrected chi connectivity index (χ0v) is 21.1. The molecule has 4 rings (SSSR count). The summed E-state index contributed by atoms with van der Waals surface area (Å²) in [4.78, 5) is 19.3. The monoisotopic (exact) mass is 492 g/mol. The van der Waals surface area contributed by atoms with Crippen LogP contribution in [-0.4, -0.2) is 52.8 Å². The third-order valence-corrected chi connectivity index (χ3v) is 7.86. The molecule has 0 amide bonds. The molecule has 1 saturated heterocycles. The summed E-state index contributed by atoms with van der Waals surface area (Å²) in [5.74, 6) is 6.78. The van der Waals surface area contributed by atoms with Crippen molar-refractivity contribution in [3.63, 3.8) is 0 Å². The number of benzene rings is 1. The van der Waals surface area contributed by atoms with Crippen LogP contribution in [0.25, 0.3) is 10.9 Å². The number of ether oxygens (including phenoxy) is 1. The number of aliphatic hydroxyl groups excluding tert-OH is 1. The number of carboxylic acid groups (broad SMARTS) is 1. The molecule has 7 heteroatoms. The maximum Gasteiger partial charge on any atom is 0.303 e. The van der Waals surface area contributed by atoms with Gasteiger partial charge in [0.05, 0.1) is 30.2 Å². The van der Waals surface area contributed by atoms with E-state index in [1.165, 1.54) is 5.56 Å². The lowest BCUT2D eigenvalue weighted by molar-refractivity contribution is -0.139. The summed E-state index contributed by atoms with van der Waals surface area (Å²) in [6.07, 6.45) is 3.49. The molecule has 3 atom stereocenters. The molecule has 0 aliphatic carbocycles. The third-order valence-electron chi connectivity index (χ3n) is 6.93. The number of nitrogens with zero attached hydrogens (tertiary/aromatic N) is 2. The Balaban J connectivity index is 1.39. The van der Waals surface area contributed by atoms with Crippen molar-refractivity contribution >= 4 is 28.2 Å². The lowest BCUT2D eigenvalue weighted by Gasteiger charge is -2.37. The predicted molar refractivity (Wildman–Crippen MR) is 139 cm³/mol. The molecule has 0 radical (unpaired) electrons. The second-order valence-electron chi connectivity index (χ2n) is 9.25. The highest BCUT2D eigenvalue weighted by Crippen LogP contribution is 2.34. The topological polar surface area (TPSA) is 82.9 Å². The summed E-state index contributed by atoms with van der Waals surface area (Å²) in [5.41, 5.74) is 2.85. The smallest absolute Gasteiger partial charge is 0.303 e. The van der Waals surface area contributed by atoms with Crippen LogP contribution in [0.15, 0.2) is 41.9 Å². The molecule has 0 unspecified atom stereocenters. The Kier molecular flexibility index (Phi) is 8.40. The minimum Gasteiger partial charge on any atom is -0.497 e. The summed E-state index contributed by atoms with van der Waals surface area (Å²) >= 11 is 1.65. The largest absolute Gasteiger partial charge is 0.497 e. The van der Waals surface area contributed by atoms with Gasteiger partial charge >= 0.3 is 5.97 Å². The molecule has 1 fully saturated rings. The van der Waals surface area contributed by atoms with Gasteiger partial charge in [0, 0.05) is 24.5 Å². The Labute approximate surface area is 210 Å². The molecule has 1 aliphatic heterocycles. The van der Waals surface area contributed by atoms with Crippen LogP contribution in [0.4, 0.5) is 0 Å². The number of pyridine rings is 1. The van der Waals surface area contributed by atoms with Gasteiger partial charge in [-0.2, -0.15) is 0 Å². The average molecular weight is 493 g/mol. The molecule has 1 aromatic carbocycles. The Morgan fingerprint density at radius 1 is 1.31 bits per heavy atom. The number of methoxy groups -OCH3 is 1. The van der Waals surface area contributed by atoms with Crippen molar-refractivity contribution in [2.45, 2.75) is 38.7 Å². The van der Waals surface area contributed by atoms with Gasteiger partial charge in [-0.25, -0.2) is 0 Å². The van der Waals surface area contributed by atoms with Crippen LogP contribution >= 0.6 is 11.3 Å². The van der Waals surface area contributed by atoms with E-state index < -0.39 is 12.1 Å². The fourth-order valence-electron chi connectivity index (χ4n) is 4.96. The number of carbonyl (C=O) groups is 1. The molecule has 0 saturated carbocycles. The highest BCUT2D eigenvalue weighted by atomic mass is 32.1. The second kappa shape index (κ2) is 11.7. The van der Waals surface area contributed by atoms with Crippen molar-refractivity contribution < 1.29 is 19.7 Å². The van der Waals surface area contributed by atoms with E-state index >= 15 is 0 Å². The van der Waals surface area contributed by atoms with E-state index in [4.69, 9.17) is 4.74 Å². The van der Waals surface area contributed by atoms with Crippen LogP contribution in [0, 0.1) is 30.6 Å². The minimum absolute atomic E-state index is 0.0491. The van der Waals surface area contributed by atoms with E-state index in [0.29, 0.717) is 13.0 Å². The van der Waals surface area contributed by atoms with E-state index in [1.807, 2.05) is 29.6 Å². The fourth-order valence-corrected chi connectivity index (χ4v) is 5.75. The number of carboxylic acids is 1. The van der Waals surface area contributed by atoms with Gasteiger partial charge < -0.3 is 14.9 Å². The third kappa shape index (κ3) is 6.40. The number of aliphatic carboxylic acids is 1. The standard InChI is InChI=1S/C28H32N2O4S/c1-19-11-15-35-27(19)4-3-13-30-14-10-20(21(18-30)16-28(32)33)5-8-26(31)23-9-12-29-25-7-6-22(34-2)17-24(23)25/h6-7,9,11-12,15,17,20-21,26,31H,5,8,10,13-14,16,18H2,1-2H3,(H,32,33)/t20-,21+,26+/m1/s1. The van der Waals surface area contributed by atoms with Gasteiger partial charge in [-0.05, 0) is 91.4 Å². The summed E-state index contributed by atoms with van der Waals surface area (Å²) in [6.45, 7) is 4.33. The summed E-state index contributed by atoms with van der Waals surface area (Å²) in [5, 5.41) is 23.5. The van der Waals surface area contributed by atoms with Gasteiger partial charge in [-0.3, -0.25) is 14.7 Å². The summed E-state index contributed by atoms with van der Waals surface area (Å²) in [6, 6.07) is 9.60. The lowest BCUT2D eigenvalue weighted by Crippen LogP contribution is -2.41. The van der Waals surface area contributed by atoms with Crippen LogP contribution in [0.3, 0.4) is 0 Å². The van der Waals surface area contributed by atoms with Crippen molar-refractivity contribution in [3.05, 3.63) is 57.9 Å². The van der Waals surface area contributed by atoms with Gasteiger partial charge in [-0.1, -0.05) is 11.8 Å². The lowest BCUT2D eigenvalue weighted by atomic mass is 9.79. The number of aromatic nitrogens is 1. The highest BCUT2D eigenvalue weighted by molar-refractivity contribution is 7.10. The predicted octanol–water partition coefficient (Wildman–Crippen LogP) is 4.89. The van der Waals surface area contributed by atoms with Crippen molar-refractivity contribution in [1.29, 1.82) is 0 Å². The molecule has 2 N–H and O–H groups in total. The Hall–Kier alpha value is -2.92. The van der Waals surface area contributed by atoms with E-state index in [1.54, 1.807) is 24.6 Å².